The Morgan fingerprint density at radius 2 is 2.05 bits per heavy atom. The summed E-state index contributed by atoms with van der Waals surface area (Å²) >= 11 is 0. The smallest absolute Gasteiger partial charge is 0.122 e. The molecule has 108 valence electrons. The highest BCUT2D eigenvalue weighted by Gasteiger charge is 2.05. The molecule has 3 nitrogen and oxygen atoms in total. The van der Waals surface area contributed by atoms with E-state index < -0.39 is 0 Å². The maximum Gasteiger partial charge on any atom is 0.122 e. The Hall–Kier alpha value is -1.06. The quantitative estimate of drug-likeness (QED) is 0.781. The van der Waals surface area contributed by atoms with Gasteiger partial charge in [0.2, 0.25) is 0 Å². The lowest BCUT2D eigenvalue weighted by Gasteiger charge is -2.19. The second kappa shape index (κ2) is 8.18. The van der Waals surface area contributed by atoms with Gasteiger partial charge in [-0.1, -0.05) is 32.9 Å². The molecule has 0 saturated heterocycles. The van der Waals surface area contributed by atoms with Gasteiger partial charge < -0.3 is 15.0 Å². The molecule has 0 fully saturated rings. The van der Waals surface area contributed by atoms with Crippen LogP contribution in [0.1, 0.15) is 31.9 Å². The maximum absolute atomic E-state index is 5.36. The molecule has 0 saturated carbocycles. The second-order valence-electron chi connectivity index (χ2n) is 5.35. The van der Waals surface area contributed by atoms with Crippen molar-refractivity contribution in [2.45, 2.75) is 39.8 Å². The number of ether oxygens (including phenoxy) is 1. The first-order valence-corrected chi connectivity index (χ1v) is 7.14. The fraction of sp³-hybridized carbons (Fsp3) is 0.625. The summed E-state index contributed by atoms with van der Waals surface area (Å²) in [5.74, 6) is 0.996. The van der Waals surface area contributed by atoms with Crippen LogP contribution >= 0.6 is 0 Å². The Kier molecular flexibility index (Phi) is 6.89. The van der Waals surface area contributed by atoms with Crippen molar-refractivity contribution in [1.29, 1.82) is 0 Å². The Morgan fingerprint density at radius 3 is 2.63 bits per heavy atom. The number of hydrogen-bond acceptors (Lipinski definition) is 3. The predicted octanol–water partition coefficient (Wildman–Crippen LogP) is 2.69. The molecule has 0 amide bonds. The number of benzene rings is 1. The Morgan fingerprint density at radius 1 is 1.32 bits per heavy atom. The van der Waals surface area contributed by atoms with Crippen LogP contribution in [0, 0.1) is 0 Å². The largest absolute Gasteiger partial charge is 0.496 e. The van der Waals surface area contributed by atoms with Gasteiger partial charge in [-0.05, 0) is 30.7 Å². The summed E-state index contributed by atoms with van der Waals surface area (Å²) < 4.78 is 5.36. The molecular weight excluding hydrogens is 236 g/mol. The van der Waals surface area contributed by atoms with Crippen LogP contribution in [0.4, 0.5) is 0 Å². The first-order valence-electron chi connectivity index (χ1n) is 7.14. The van der Waals surface area contributed by atoms with E-state index in [1.807, 2.05) is 0 Å². The summed E-state index contributed by atoms with van der Waals surface area (Å²) in [4.78, 5) is 2.34. The number of likely N-dealkylation sites (N-methyl/N-ethyl adjacent to an activating group) is 1. The molecule has 0 atom stereocenters. The molecule has 0 radical (unpaired) electrons. The molecule has 0 heterocycles. The zero-order chi connectivity index (χ0) is 14.3. The molecule has 0 aliphatic heterocycles. The lowest BCUT2D eigenvalue weighted by molar-refractivity contribution is 0.319. The van der Waals surface area contributed by atoms with Gasteiger partial charge in [0.15, 0.2) is 0 Å². The molecule has 1 rings (SSSR count). The second-order valence-corrected chi connectivity index (χ2v) is 5.35. The minimum atomic E-state index is 0.557. The van der Waals surface area contributed by atoms with Crippen LogP contribution in [-0.4, -0.2) is 38.2 Å². The van der Waals surface area contributed by atoms with Gasteiger partial charge in [-0.3, -0.25) is 0 Å². The van der Waals surface area contributed by atoms with Crippen molar-refractivity contribution in [2.75, 3.05) is 27.2 Å². The first-order chi connectivity index (χ1) is 9.06. The highest BCUT2D eigenvalue weighted by molar-refractivity contribution is 5.37. The third-order valence-electron chi connectivity index (χ3n) is 3.22. The van der Waals surface area contributed by atoms with Gasteiger partial charge in [0.1, 0.15) is 5.75 Å². The maximum atomic E-state index is 5.36. The topological polar surface area (TPSA) is 24.5 Å². The summed E-state index contributed by atoms with van der Waals surface area (Å²) in [5, 5.41) is 3.44. The molecule has 0 spiro atoms. The Balaban J connectivity index is 2.52. The number of rotatable bonds is 8. The highest BCUT2D eigenvalue weighted by Crippen LogP contribution is 2.20. The predicted molar refractivity (Wildman–Crippen MR) is 81.8 cm³/mol. The summed E-state index contributed by atoms with van der Waals surface area (Å²) in [5.41, 5.74) is 2.64. The van der Waals surface area contributed by atoms with E-state index in [0.29, 0.717) is 6.04 Å². The van der Waals surface area contributed by atoms with Gasteiger partial charge in [-0.15, -0.1) is 0 Å². The lowest BCUT2D eigenvalue weighted by atomic mass is 10.1. The fourth-order valence-electron chi connectivity index (χ4n) is 2.14. The molecular formula is C16H28N2O. The Bertz CT molecular complexity index is 377. The highest BCUT2D eigenvalue weighted by atomic mass is 16.5. The lowest BCUT2D eigenvalue weighted by Crippen LogP contribution is -2.32. The number of nitrogens with one attached hydrogen (secondary N) is 1. The fourth-order valence-corrected chi connectivity index (χ4v) is 2.14. The van der Waals surface area contributed by atoms with Crippen LogP contribution in [0.3, 0.4) is 0 Å². The summed E-state index contributed by atoms with van der Waals surface area (Å²) in [6.07, 6.45) is 1.01. The third kappa shape index (κ3) is 5.62. The third-order valence-corrected chi connectivity index (χ3v) is 3.22. The number of aryl methyl sites for hydroxylation is 1. The van der Waals surface area contributed by atoms with Crippen molar-refractivity contribution < 1.29 is 4.74 Å². The molecule has 1 aromatic carbocycles. The van der Waals surface area contributed by atoms with Crippen LogP contribution in [0.2, 0.25) is 0 Å². The van der Waals surface area contributed by atoms with Gasteiger partial charge in [0.25, 0.3) is 0 Å². The molecule has 3 heteroatoms. The molecule has 1 N–H and O–H groups in total. The number of methoxy groups -OCH3 is 1. The molecule has 0 aliphatic rings. The molecule has 0 unspecified atom stereocenters. The first kappa shape index (κ1) is 16.0. The van der Waals surface area contributed by atoms with Crippen molar-refractivity contribution in [2.24, 2.45) is 0 Å². The van der Waals surface area contributed by atoms with Crippen molar-refractivity contribution in [3.63, 3.8) is 0 Å². The molecule has 0 bridgehead atoms. The van der Waals surface area contributed by atoms with Gasteiger partial charge >= 0.3 is 0 Å². The SMILES string of the molecule is CCc1cc(CN(C)CCNC(C)C)ccc1OC. The average molecular weight is 264 g/mol. The number of hydrogen-bond donors (Lipinski definition) is 1. The average Bonchev–Trinajstić information content (AvgIpc) is 2.38. The van der Waals surface area contributed by atoms with Gasteiger partial charge in [0, 0.05) is 25.7 Å². The van der Waals surface area contributed by atoms with Gasteiger partial charge in [-0.2, -0.15) is 0 Å². The molecule has 1 aromatic rings. The Labute approximate surface area is 118 Å². The monoisotopic (exact) mass is 264 g/mol. The summed E-state index contributed by atoms with van der Waals surface area (Å²) in [6, 6.07) is 7.05. The van der Waals surface area contributed by atoms with Crippen LogP contribution in [0.5, 0.6) is 5.75 Å². The van der Waals surface area contributed by atoms with Crippen LogP contribution in [0.25, 0.3) is 0 Å². The number of nitrogens with zero attached hydrogens (tertiary/aromatic N) is 1. The molecule has 19 heavy (non-hydrogen) atoms. The van der Waals surface area contributed by atoms with Crippen LogP contribution in [-0.2, 0) is 13.0 Å². The van der Waals surface area contributed by atoms with E-state index in [1.54, 1.807) is 7.11 Å². The van der Waals surface area contributed by atoms with E-state index in [9.17, 15) is 0 Å². The minimum Gasteiger partial charge on any atom is -0.496 e. The molecule has 0 aliphatic carbocycles. The van der Waals surface area contributed by atoms with Gasteiger partial charge in [-0.25, -0.2) is 0 Å². The standard InChI is InChI=1S/C16H28N2O/c1-6-15-11-14(7-8-16(15)19-5)12-18(4)10-9-17-13(2)3/h7-8,11,13,17H,6,9-10,12H2,1-5H3. The van der Waals surface area contributed by atoms with Crippen molar-refractivity contribution >= 4 is 0 Å². The van der Waals surface area contributed by atoms with Crippen molar-refractivity contribution in [1.82, 2.24) is 10.2 Å². The van der Waals surface area contributed by atoms with Crippen molar-refractivity contribution in [3.8, 4) is 5.75 Å². The van der Waals surface area contributed by atoms with Crippen molar-refractivity contribution in [3.05, 3.63) is 29.3 Å². The summed E-state index contributed by atoms with van der Waals surface area (Å²) in [7, 11) is 3.90. The minimum absolute atomic E-state index is 0.557. The van der Waals surface area contributed by atoms with E-state index in [2.05, 4.69) is 56.2 Å². The van der Waals surface area contributed by atoms with Crippen LogP contribution in [0.15, 0.2) is 18.2 Å². The zero-order valence-electron chi connectivity index (χ0n) is 13.0. The van der Waals surface area contributed by atoms with Crippen LogP contribution < -0.4 is 10.1 Å². The van der Waals surface area contributed by atoms with E-state index in [4.69, 9.17) is 4.74 Å². The normalized spacial score (nSPS) is 11.3. The summed E-state index contributed by atoms with van der Waals surface area (Å²) in [6.45, 7) is 9.60. The van der Waals surface area contributed by atoms with Gasteiger partial charge in [0.05, 0.1) is 7.11 Å². The van der Waals surface area contributed by atoms with E-state index in [1.165, 1.54) is 11.1 Å². The zero-order valence-corrected chi connectivity index (χ0v) is 13.0. The van der Waals surface area contributed by atoms with E-state index >= 15 is 0 Å². The molecule has 0 aromatic heterocycles. The van der Waals surface area contributed by atoms with E-state index in [-0.39, 0.29) is 0 Å². The van der Waals surface area contributed by atoms with E-state index in [0.717, 1.165) is 31.8 Å².